The molecule has 2 N–H and O–H groups in total. The first-order valence-electron chi connectivity index (χ1n) is 6.20. The van der Waals surface area contributed by atoms with E-state index in [1.165, 1.54) is 11.0 Å². The summed E-state index contributed by atoms with van der Waals surface area (Å²) in [6, 6.07) is 0. The molecule has 1 aromatic heterocycles. The summed E-state index contributed by atoms with van der Waals surface area (Å²) in [6.45, 7) is 2.42. The maximum absolute atomic E-state index is 11.8. The lowest BCUT2D eigenvalue weighted by molar-refractivity contribution is -0.125. The molecule has 1 saturated carbocycles. The van der Waals surface area contributed by atoms with Gasteiger partial charge in [-0.1, -0.05) is 12.8 Å². The SMILES string of the molecule is CCn1ncnc1C(=O)NNC(=O)C1CCCC1. The van der Waals surface area contributed by atoms with Crippen LogP contribution in [0.25, 0.3) is 0 Å². The van der Waals surface area contributed by atoms with Crippen LogP contribution in [0.3, 0.4) is 0 Å². The van der Waals surface area contributed by atoms with E-state index in [4.69, 9.17) is 0 Å². The van der Waals surface area contributed by atoms with E-state index in [1.54, 1.807) is 0 Å². The van der Waals surface area contributed by atoms with Crippen LogP contribution in [0, 0.1) is 5.92 Å². The highest BCUT2D eigenvalue weighted by Crippen LogP contribution is 2.24. The lowest BCUT2D eigenvalue weighted by atomic mass is 10.1. The third-order valence-corrected chi connectivity index (χ3v) is 3.14. The van der Waals surface area contributed by atoms with Crippen molar-refractivity contribution in [3.05, 3.63) is 12.2 Å². The molecule has 0 unspecified atom stereocenters. The minimum absolute atomic E-state index is 0.0225. The van der Waals surface area contributed by atoms with Gasteiger partial charge in [0, 0.05) is 12.5 Å². The van der Waals surface area contributed by atoms with Gasteiger partial charge >= 0.3 is 5.91 Å². The molecule has 0 aliphatic heterocycles. The molecule has 7 heteroatoms. The molecule has 1 aliphatic carbocycles. The summed E-state index contributed by atoms with van der Waals surface area (Å²) < 4.78 is 1.47. The van der Waals surface area contributed by atoms with Crippen LogP contribution in [-0.4, -0.2) is 26.6 Å². The number of rotatable bonds is 3. The van der Waals surface area contributed by atoms with Gasteiger partial charge in [-0.05, 0) is 19.8 Å². The Morgan fingerprint density at radius 3 is 2.78 bits per heavy atom. The Bertz CT molecular complexity index is 436. The number of hydrazine groups is 1. The normalized spacial score (nSPS) is 15.6. The summed E-state index contributed by atoms with van der Waals surface area (Å²) >= 11 is 0. The molecule has 2 rings (SSSR count). The van der Waals surface area contributed by atoms with Crippen LogP contribution >= 0.6 is 0 Å². The van der Waals surface area contributed by atoms with Crippen molar-refractivity contribution >= 4 is 11.8 Å². The van der Waals surface area contributed by atoms with Gasteiger partial charge in [0.15, 0.2) is 0 Å². The molecule has 1 aliphatic rings. The van der Waals surface area contributed by atoms with Crippen LogP contribution < -0.4 is 10.9 Å². The van der Waals surface area contributed by atoms with Crippen molar-refractivity contribution in [3.63, 3.8) is 0 Å². The summed E-state index contributed by atoms with van der Waals surface area (Å²) in [6.07, 6.45) is 5.27. The second-order valence-corrected chi connectivity index (χ2v) is 4.32. The van der Waals surface area contributed by atoms with E-state index < -0.39 is 5.91 Å². The average molecular weight is 251 g/mol. The van der Waals surface area contributed by atoms with Crippen LogP contribution in [-0.2, 0) is 11.3 Å². The van der Waals surface area contributed by atoms with Crippen LogP contribution in [0.4, 0.5) is 0 Å². The van der Waals surface area contributed by atoms with Gasteiger partial charge in [-0.25, -0.2) is 9.67 Å². The van der Waals surface area contributed by atoms with Crippen LogP contribution in [0.2, 0.25) is 0 Å². The van der Waals surface area contributed by atoms with Crippen molar-refractivity contribution < 1.29 is 9.59 Å². The fourth-order valence-electron chi connectivity index (χ4n) is 2.14. The van der Waals surface area contributed by atoms with Crippen molar-refractivity contribution in [2.75, 3.05) is 0 Å². The first-order valence-corrected chi connectivity index (χ1v) is 6.20. The Morgan fingerprint density at radius 2 is 2.11 bits per heavy atom. The number of carbonyl (C=O) groups excluding carboxylic acids is 2. The third-order valence-electron chi connectivity index (χ3n) is 3.14. The molecular formula is C11H17N5O2. The largest absolute Gasteiger partial charge is 0.307 e. The zero-order valence-electron chi connectivity index (χ0n) is 10.3. The lowest BCUT2D eigenvalue weighted by Gasteiger charge is -2.11. The van der Waals surface area contributed by atoms with Gasteiger partial charge < -0.3 is 0 Å². The van der Waals surface area contributed by atoms with Crippen molar-refractivity contribution in [2.24, 2.45) is 5.92 Å². The molecule has 7 nitrogen and oxygen atoms in total. The van der Waals surface area contributed by atoms with E-state index in [1.807, 2.05) is 6.92 Å². The Kier molecular flexibility index (Phi) is 3.91. The van der Waals surface area contributed by atoms with Crippen molar-refractivity contribution in [1.82, 2.24) is 25.6 Å². The monoisotopic (exact) mass is 251 g/mol. The zero-order chi connectivity index (χ0) is 13.0. The van der Waals surface area contributed by atoms with Gasteiger partial charge in [-0.15, -0.1) is 0 Å². The summed E-state index contributed by atoms with van der Waals surface area (Å²) in [4.78, 5) is 27.3. The molecule has 1 heterocycles. The summed E-state index contributed by atoms with van der Waals surface area (Å²) in [5.74, 6) is -0.345. The number of aryl methyl sites for hydroxylation is 1. The number of aromatic nitrogens is 3. The van der Waals surface area contributed by atoms with Crippen LogP contribution in [0.15, 0.2) is 6.33 Å². The van der Waals surface area contributed by atoms with E-state index in [2.05, 4.69) is 20.9 Å². The maximum atomic E-state index is 11.8. The third kappa shape index (κ3) is 2.66. The molecule has 0 saturated heterocycles. The summed E-state index contributed by atoms with van der Waals surface area (Å²) in [5, 5.41) is 3.89. The van der Waals surface area contributed by atoms with Gasteiger partial charge in [0.25, 0.3) is 0 Å². The molecule has 98 valence electrons. The van der Waals surface area contributed by atoms with Gasteiger partial charge in [-0.2, -0.15) is 5.10 Å². The molecule has 1 aromatic rings. The second kappa shape index (κ2) is 5.61. The van der Waals surface area contributed by atoms with Gasteiger partial charge in [0.1, 0.15) is 6.33 Å². The number of hydrogen-bond donors (Lipinski definition) is 2. The Balaban J connectivity index is 1.86. The van der Waals surface area contributed by atoms with E-state index in [-0.39, 0.29) is 17.6 Å². The van der Waals surface area contributed by atoms with Crippen molar-refractivity contribution in [3.8, 4) is 0 Å². The van der Waals surface area contributed by atoms with E-state index in [0.717, 1.165) is 25.7 Å². The van der Waals surface area contributed by atoms with E-state index in [9.17, 15) is 9.59 Å². The first-order chi connectivity index (χ1) is 8.72. The molecule has 0 radical (unpaired) electrons. The molecule has 0 bridgehead atoms. The summed E-state index contributed by atoms with van der Waals surface area (Å²) in [7, 11) is 0. The fraction of sp³-hybridized carbons (Fsp3) is 0.636. The van der Waals surface area contributed by atoms with Crippen molar-refractivity contribution in [2.45, 2.75) is 39.2 Å². The Hall–Kier alpha value is -1.92. The smallest absolute Gasteiger partial charge is 0.273 e. The molecular weight excluding hydrogens is 234 g/mol. The highest BCUT2D eigenvalue weighted by Gasteiger charge is 2.23. The highest BCUT2D eigenvalue weighted by atomic mass is 16.2. The molecule has 0 aromatic carbocycles. The first kappa shape index (κ1) is 12.5. The van der Waals surface area contributed by atoms with E-state index >= 15 is 0 Å². The maximum Gasteiger partial charge on any atom is 0.307 e. The topological polar surface area (TPSA) is 88.9 Å². The zero-order valence-corrected chi connectivity index (χ0v) is 10.3. The fourth-order valence-corrected chi connectivity index (χ4v) is 2.14. The van der Waals surface area contributed by atoms with Crippen LogP contribution in [0.5, 0.6) is 0 Å². The molecule has 0 spiro atoms. The Morgan fingerprint density at radius 1 is 1.39 bits per heavy atom. The average Bonchev–Trinajstić information content (AvgIpc) is 3.04. The number of carbonyl (C=O) groups is 2. The number of nitrogens with zero attached hydrogens (tertiary/aromatic N) is 3. The number of nitrogens with one attached hydrogen (secondary N) is 2. The number of hydrogen-bond acceptors (Lipinski definition) is 4. The Labute approximate surface area is 105 Å². The highest BCUT2D eigenvalue weighted by molar-refractivity contribution is 5.92. The quantitative estimate of drug-likeness (QED) is 0.754. The molecule has 0 atom stereocenters. The minimum atomic E-state index is -0.444. The van der Waals surface area contributed by atoms with Gasteiger partial charge in [0.2, 0.25) is 11.7 Å². The van der Waals surface area contributed by atoms with Crippen molar-refractivity contribution in [1.29, 1.82) is 0 Å². The lowest BCUT2D eigenvalue weighted by Crippen LogP contribution is -2.45. The van der Waals surface area contributed by atoms with Crippen LogP contribution in [0.1, 0.15) is 43.2 Å². The van der Waals surface area contributed by atoms with Gasteiger partial charge in [-0.3, -0.25) is 20.4 Å². The predicted molar refractivity (Wildman–Crippen MR) is 63.3 cm³/mol. The molecule has 18 heavy (non-hydrogen) atoms. The predicted octanol–water partition coefficient (Wildman–Crippen LogP) is 0.249. The van der Waals surface area contributed by atoms with E-state index in [0.29, 0.717) is 6.54 Å². The summed E-state index contributed by atoms with van der Waals surface area (Å²) in [5.41, 5.74) is 4.82. The standard InChI is InChI=1S/C11H17N5O2/c1-2-16-9(12-7-13-16)11(18)15-14-10(17)8-5-3-4-6-8/h7-8H,2-6H2,1H3,(H,14,17)(H,15,18). The molecule has 2 amide bonds. The molecule has 1 fully saturated rings. The van der Waals surface area contributed by atoms with Gasteiger partial charge in [0.05, 0.1) is 0 Å². The number of amides is 2. The minimum Gasteiger partial charge on any atom is -0.273 e. The second-order valence-electron chi connectivity index (χ2n) is 4.32.